The van der Waals surface area contributed by atoms with E-state index < -0.39 is 22.7 Å². The molecule has 33 heavy (non-hydrogen) atoms. The number of ether oxygens (including phenoxy) is 1. The Balaban J connectivity index is 1.84. The van der Waals surface area contributed by atoms with E-state index in [9.17, 15) is 19.3 Å². The van der Waals surface area contributed by atoms with Crippen LogP contribution >= 0.6 is 11.6 Å². The average Bonchev–Trinajstić information content (AvgIpc) is 3.06. The van der Waals surface area contributed by atoms with Gasteiger partial charge in [0.1, 0.15) is 11.7 Å². The van der Waals surface area contributed by atoms with E-state index in [0.717, 1.165) is 41.1 Å². The molecule has 11 heteroatoms. The lowest BCUT2D eigenvalue weighted by molar-refractivity contribution is 0.0941. The van der Waals surface area contributed by atoms with Crippen LogP contribution in [0.5, 0.6) is 0 Å². The maximum Gasteiger partial charge on any atom is 0.352 e. The van der Waals surface area contributed by atoms with Gasteiger partial charge in [-0.25, -0.2) is 4.79 Å². The molecule has 10 nitrogen and oxygen atoms in total. The molecule has 0 radical (unpaired) electrons. The minimum absolute atomic E-state index is 0.123. The molecule has 1 aliphatic rings. The van der Waals surface area contributed by atoms with Crippen molar-refractivity contribution in [2.75, 3.05) is 20.3 Å². The van der Waals surface area contributed by atoms with E-state index in [2.05, 4.69) is 15.6 Å². The molecule has 1 saturated carbocycles. The zero-order chi connectivity index (χ0) is 23.8. The third-order valence-corrected chi connectivity index (χ3v) is 6.27. The number of rotatable bonds is 9. The first-order valence-electron chi connectivity index (χ1n) is 11.0. The number of nitroso groups, excluding NO2 is 1. The number of methoxy groups -OCH3 is 1. The number of halogens is 1. The Bertz CT molecular complexity index is 1110. The van der Waals surface area contributed by atoms with E-state index in [4.69, 9.17) is 16.3 Å². The molecular weight excluding hydrogens is 450 g/mol. The molecule has 0 spiro atoms. The number of hydrogen-bond acceptors (Lipinski definition) is 7. The van der Waals surface area contributed by atoms with Gasteiger partial charge in [0.2, 0.25) is 0 Å². The number of benzene rings is 1. The Kier molecular flexibility index (Phi) is 8.51. The Labute approximate surface area is 195 Å². The number of amides is 1. The predicted molar refractivity (Wildman–Crippen MR) is 124 cm³/mol. The smallest absolute Gasteiger partial charge is 0.352 e. The van der Waals surface area contributed by atoms with Crippen molar-refractivity contribution >= 4 is 17.5 Å². The van der Waals surface area contributed by atoms with Crippen molar-refractivity contribution in [2.24, 2.45) is 5.18 Å². The molecule has 178 valence electrons. The second-order valence-corrected chi connectivity index (χ2v) is 8.66. The topological polar surface area (TPSA) is 125 Å². The minimum atomic E-state index is -0.813. The molecule has 1 heterocycles. The van der Waals surface area contributed by atoms with Gasteiger partial charge in [-0.1, -0.05) is 42.5 Å². The number of carbonyl (C=O) groups is 1. The van der Waals surface area contributed by atoms with Crippen molar-refractivity contribution < 1.29 is 9.53 Å². The van der Waals surface area contributed by atoms with Gasteiger partial charge in [0.25, 0.3) is 11.5 Å². The van der Waals surface area contributed by atoms with Crippen molar-refractivity contribution in [3.8, 4) is 5.69 Å². The first-order valence-corrected chi connectivity index (χ1v) is 11.4. The van der Waals surface area contributed by atoms with E-state index in [1.165, 1.54) is 25.3 Å². The lowest BCUT2D eigenvalue weighted by Crippen LogP contribution is -2.41. The molecule has 0 bridgehead atoms. The van der Waals surface area contributed by atoms with E-state index in [1.807, 2.05) is 0 Å². The van der Waals surface area contributed by atoms with Crippen molar-refractivity contribution in [3.63, 3.8) is 0 Å². The Morgan fingerprint density at radius 2 is 1.97 bits per heavy atom. The van der Waals surface area contributed by atoms with Gasteiger partial charge in [-0.2, -0.15) is 14.7 Å². The molecule has 1 aliphatic carbocycles. The number of hydrogen-bond donors (Lipinski definition) is 1. The molecule has 1 aromatic carbocycles. The monoisotopic (exact) mass is 477 g/mol. The van der Waals surface area contributed by atoms with Crippen LogP contribution in [0.1, 0.15) is 55.3 Å². The van der Waals surface area contributed by atoms with Crippen LogP contribution in [0, 0.1) is 4.91 Å². The highest BCUT2D eigenvalue weighted by molar-refractivity contribution is 6.33. The lowest BCUT2D eigenvalue weighted by Gasteiger charge is -2.25. The molecule has 1 aromatic heterocycles. The number of aromatic nitrogens is 3. The summed E-state index contributed by atoms with van der Waals surface area (Å²) < 4.78 is 7.08. The minimum Gasteiger partial charge on any atom is -0.385 e. The van der Waals surface area contributed by atoms with Crippen molar-refractivity contribution in [1.29, 1.82) is 0 Å². The molecule has 1 amide bonds. The maximum atomic E-state index is 12.9. The highest BCUT2D eigenvalue weighted by atomic mass is 35.5. The molecule has 1 N–H and O–H groups in total. The second kappa shape index (κ2) is 11.3. The Hall–Kier alpha value is -2.85. The molecule has 0 saturated heterocycles. The SMILES string of the molecule is COCCCn1c(=O)cnn(-c2ccc(Cl)c(C(=O)NCC3(N=O)CCCCCC3)c2)c1=O. The van der Waals surface area contributed by atoms with Crippen LogP contribution in [0.2, 0.25) is 5.02 Å². The van der Waals surface area contributed by atoms with E-state index in [-0.39, 0.29) is 29.4 Å². The van der Waals surface area contributed by atoms with Gasteiger partial charge < -0.3 is 10.1 Å². The summed E-state index contributed by atoms with van der Waals surface area (Å²) in [5.74, 6) is -0.476. The fraction of sp³-hybridized carbons (Fsp3) is 0.545. The maximum absolute atomic E-state index is 12.9. The highest BCUT2D eigenvalue weighted by Gasteiger charge is 2.33. The standard InChI is InChI=1S/C22H28ClN5O5/c1-33-12-6-11-27-19(29)14-25-28(21(27)31)16-7-8-18(23)17(13-16)20(30)24-15-22(26-32)9-4-2-3-5-10-22/h7-8,13-14H,2-6,9-12,15H2,1H3,(H,24,30). The van der Waals surface area contributed by atoms with Gasteiger partial charge in [-0.15, -0.1) is 0 Å². The number of nitrogens with one attached hydrogen (secondary N) is 1. The quantitative estimate of drug-likeness (QED) is 0.336. The van der Waals surface area contributed by atoms with Crippen LogP contribution in [0.3, 0.4) is 0 Å². The van der Waals surface area contributed by atoms with Gasteiger partial charge >= 0.3 is 5.69 Å². The van der Waals surface area contributed by atoms with E-state index >= 15 is 0 Å². The van der Waals surface area contributed by atoms with Gasteiger partial charge in [0, 0.05) is 26.8 Å². The van der Waals surface area contributed by atoms with Gasteiger partial charge in [0.15, 0.2) is 0 Å². The van der Waals surface area contributed by atoms with Crippen LogP contribution in [-0.4, -0.2) is 46.1 Å². The molecule has 0 aliphatic heterocycles. The first-order chi connectivity index (χ1) is 15.9. The molecule has 1 fully saturated rings. The summed E-state index contributed by atoms with van der Waals surface area (Å²) in [6.45, 7) is 0.699. The van der Waals surface area contributed by atoms with Crippen LogP contribution in [0.25, 0.3) is 5.69 Å². The normalized spacial score (nSPS) is 15.6. The van der Waals surface area contributed by atoms with E-state index in [1.54, 1.807) is 0 Å². The molecule has 3 rings (SSSR count). The van der Waals surface area contributed by atoms with Crippen molar-refractivity contribution in [2.45, 2.75) is 57.0 Å². The second-order valence-electron chi connectivity index (χ2n) is 8.25. The Morgan fingerprint density at radius 3 is 2.64 bits per heavy atom. The Morgan fingerprint density at radius 1 is 1.24 bits per heavy atom. The number of carbonyl (C=O) groups excluding carboxylic acids is 1. The van der Waals surface area contributed by atoms with Gasteiger partial charge in [0.05, 0.1) is 16.3 Å². The van der Waals surface area contributed by atoms with Crippen LogP contribution < -0.4 is 16.6 Å². The van der Waals surface area contributed by atoms with Crippen LogP contribution in [-0.2, 0) is 11.3 Å². The summed E-state index contributed by atoms with van der Waals surface area (Å²) in [6, 6.07) is 4.46. The molecule has 0 atom stereocenters. The van der Waals surface area contributed by atoms with Crippen LogP contribution in [0.15, 0.2) is 39.2 Å². The fourth-order valence-corrected chi connectivity index (χ4v) is 4.23. The third kappa shape index (κ3) is 5.94. The van der Waals surface area contributed by atoms with Gasteiger partial charge in [-0.3, -0.25) is 14.2 Å². The fourth-order valence-electron chi connectivity index (χ4n) is 4.03. The third-order valence-electron chi connectivity index (χ3n) is 5.94. The lowest BCUT2D eigenvalue weighted by atomic mass is 9.91. The summed E-state index contributed by atoms with van der Waals surface area (Å²) in [7, 11) is 1.54. The molecule has 2 aromatic rings. The van der Waals surface area contributed by atoms with Crippen LogP contribution in [0.4, 0.5) is 0 Å². The summed E-state index contributed by atoms with van der Waals surface area (Å²) in [6.07, 6.45) is 6.69. The summed E-state index contributed by atoms with van der Waals surface area (Å²) in [5.41, 5.74) is -1.54. The van der Waals surface area contributed by atoms with Gasteiger partial charge in [-0.05, 0) is 37.5 Å². The zero-order valence-electron chi connectivity index (χ0n) is 18.6. The van der Waals surface area contributed by atoms with E-state index in [0.29, 0.717) is 25.9 Å². The zero-order valence-corrected chi connectivity index (χ0v) is 19.3. The predicted octanol–water partition coefficient (Wildman–Crippen LogP) is 2.67. The largest absolute Gasteiger partial charge is 0.385 e. The summed E-state index contributed by atoms with van der Waals surface area (Å²) in [4.78, 5) is 49.4. The summed E-state index contributed by atoms with van der Waals surface area (Å²) >= 11 is 6.25. The molecule has 0 unspecified atom stereocenters. The first kappa shape index (κ1) is 24.8. The molecular formula is C22H28ClN5O5. The number of nitrogens with zero attached hydrogens (tertiary/aromatic N) is 4. The van der Waals surface area contributed by atoms with Crippen molar-refractivity contribution in [1.82, 2.24) is 19.7 Å². The highest BCUT2D eigenvalue weighted by Crippen LogP contribution is 2.30. The average molecular weight is 478 g/mol. The van der Waals surface area contributed by atoms with Crippen molar-refractivity contribution in [3.05, 3.63) is 60.7 Å². The summed E-state index contributed by atoms with van der Waals surface area (Å²) in [5, 5.41) is 10.3.